The third kappa shape index (κ3) is 6.30. The Balaban J connectivity index is 3.58. The Kier molecular flexibility index (Phi) is 7.07. The van der Waals surface area contributed by atoms with E-state index in [2.05, 4.69) is 10.5 Å². The topological polar surface area (TPSA) is 90.9 Å². The molecular formula is C10H23N3O2. The normalized spacial score (nSPS) is 13.1. The van der Waals surface area contributed by atoms with Crippen LogP contribution in [0.15, 0.2) is 5.16 Å². The van der Waals surface area contributed by atoms with Gasteiger partial charge >= 0.3 is 0 Å². The molecule has 5 heteroatoms. The maximum Gasteiger partial charge on any atom is 0.144 e. The molecule has 0 atom stereocenters. The van der Waals surface area contributed by atoms with E-state index >= 15 is 0 Å². The summed E-state index contributed by atoms with van der Waals surface area (Å²) < 4.78 is 0. The lowest BCUT2D eigenvalue weighted by Gasteiger charge is -2.22. The molecule has 5 N–H and O–H groups in total. The van der Waals surface area contributed by atoms with E-state index in [1.165, 1.54) is 0 Å². The van der Waals surface area contributed by atoms with Gasteiger partial charge in [-0.1, -0.05) is 25.4 Å². The number of nitrogens with two attached hydrogens (primary N) is 1. The average molecular weight is 217 g/mol. The summed E-state index contributed by atoms with van der Waals surface area (Å²) in [5.41, 5.74) is 5.32. The lowest BCUT2D eigenvalue weighted by molar-refractivity contribution is 0.290. The summed E-state index contributed by atoms with van der Waals surface area (Å²) >= 11 is 0. The summed E-state index contributed by atoms with van der Waals surface area (Å²) in [5.74, 6) is 0.283. The summed E-state index contributed by atoms with van der Waals surface area (Å²) in [4.78, 5) is 0. The monoisotopic (exact) mass is 217 g/mol. The Labute approximate surface area is 91.4 Å². The van der Waals surface area contributed by atoms with Crippen LogP contribution >= 0.6 is 0 Å². The van der Waals surface area contributed by atoms with Crippen molar-refractivity contribution in [3.8, 4) is 0 Å². The van der Waals surface area contributed by atoms with Crippen LogP contribution in [-0.2, 0) is 0 Å². The van der Waals surface area contributed by atoms with E-state index in [1.807, 2.05) is 13.8 Å². The minimum atomic E-state index is -0.244. The second-order valence-electron chi connectivity index (χ2n) is 4.30. The fourth-order valence-electron chi connectivity index (χ4n) is 1.28. The van der Waals surface area contributed by atoms with E-state index in [-0.39, 0.29) is 17.9 Å². The smallest absolute Gasteiger partial charge is 0.144 e. The molecule has 0 aliphatic carbocycles. The third-order valence-electron chi connectivity index (χ3n) is 2.50. The van der Waals surface area contributed by atoms with E-state index < -0.39 is 0 Å². The standard InChI is InChI=1S/C10H23N3O2/c1-10(2,9(11)13-15)5-3-4-6-12-7-8-14/h12,14-15H,3-8H2,1-2H3,(H2,11,13). The number of nitrogens with one attached hydrogen (secondary N) is 1. The van der Waals surface area contributed by atoms with Crippen molar-refractivity contribution in [1.82, 2.24) is 5.32 Å². The number of aliphatic hydroxyl groups is 1. The highest BCUT2D eigenvalue weighted by atomic mass is 16.4. The van der Waals surface area contributed by atoms with Gasteiger partial charge in [0.2, 0.25) is 0 Å². The van der Waals surface area contributed by atoms with Crippen molar-refractivity contribution < 1.29 is 10.3 Å². The second-order valence-corrected chi connectivity index (χ2v) is 4.30. The zero-order valence-electron chi connectivity index (χ0n) is 9.66. The van der Waals surface area contributed by atoms with Crippen molar-refractivity contribution in [3.05, 3.63) is 0 Å². The number of unbranched alkanes of at least 4 members (excludes halogenated alkanes) is 1. The van der Waals surface area contributed by atoms with E-state index in [0.717, 1.165) is 25.8 Å². The van der Waals surface area contributed by atoms with Gasteiger partial charge in [0, 0.05) is 12.0 Å². The molecule has 0 heterocycles. The Bertz CT molecular complexity index is 193. The molecule has 0 aromatic heterocycles. The summed E-state index contributed by atoms with van der Waals surface area (Å²) in [7, 11) is 0. The van der Waals surface area contributed by atoms with Crippen molar-refractivity contribution in [2.45, 2.75) is 33.1 Å². The van der Waals surface area contributed by atoms with Crippen LogP contribution in [0.25, 0.3) is 0 Å². The lowest BCUT2D eigenvalue weighted by atomic mass is 9.86. The Morgan fingerprint density at radius 1 is 1.33 bits per heavy atom. The highest BCUT2D eigenvalue weighted by Crippen LogP contribution is 2.22. The fourth-order valence-corrected chi connectivity index (χ4v) is 1.28. The highest BCUT2D eigenvalue weighted by molar-refractivity contribution is 5.85. The zero-order chi connectivity index (χ0) is 11.7. The van der Waals surface area contributed by atoms with Crippen LogP contribution in [0.2, 0.25) is 0 Å². The molecule has 0 aromatic carbocycles. The van der Waals surface area contributed by atoms with Gasteiger partial charge in [-0.2, -0.15) is 0 Å². The number of nitrogens with zero attached hydrogens (tertiary/aromatic N) is 1. The molecule has 0 bridgehead atoms. The molecule has 90 valence electrons. The van der Waals surface area contributed by atoms with Gasteiger partial charge in [0.25, 0.3) is 0 Å². The van der Waals surface area contributed by atoms with Crippen molar-refractivity contribution in [2.75, 3.05) is 19.7 Å². The quantitative estimate of drug-likeness (QED) is 0.157. The summed E-state index contributed by atoms with van der Waals surface area (Å²) in [5, 5.41) is 23.2. The SMILES string of the molecule is CC(C)(CCCCNCCO)C(N)=NO. The van der Waals surface area contributed by atoms with Crippen LogP contribution in [0, 0.1) is 5.41 Å². The third-order valence-corrected chi connectivity index (χ3v) is 2.50. The minimum absolute atomic E-state index is 0.176. The number of amidine groups is 1. The van der Waals surface area contributed by atoms with Crippen molar-refractivity contribution in [2.24, 2.45) is 16.3 Å². The average Bonchev–Trinajstić information content (AvgIpc) is 2.22. The molecule has 0 aromatic rings. The highest BCUT2D eigenvalue weighted by Gasteiger charge is 2.22. The molecular weight excluding hydrogens is 194 g/mol. The molecule has 0 fully saturated rings. The predicted molar refractivity (Wildman–Crippen MR) is 61.0 cm³/mol. The van der Waals surface area contributed by atoms with Crippen LogP contribution in [0.3, 0.4) is 0 Å². The van der Waals surface area contributed by atoms with Crippen LogP contribution in [0.5, 0.6) is 0 Å². The number of hydrogen-bond acceptors (Lipinski definition) is 4. The van der Waals surface area contributed by atoms with Gasteiger partial charge in [-0.05, 0) is 19.4 Å². The van der Waals surface area contributed by atoms with E-state index in [9.17, 15) is 0 Å². The molecule has 0 saturated heterocycles. The van der Waals surface area contributed by atoms with Crippen LogP contribution < -0.4 is 11.1 Å². The van der Waals surface area contributed by atoms with Gasteiger partial charge in [0.1, 0.15) is 5.84 Å². The van der Waals surface area contributed by atoms with Gasteiger partial charge in [-0.25, -0.2) is 0 Å². The van der Waals surface area contributed by atoms with E-state index in [1.54, 1.807) is 0 Å². The molecule has 0 aliphatic rings. The Hall–Kier alpha value is -0.810. The summed E-state index contributed by atoms with van der Waals surface area (Å²) in [6, 6.07) is 0. The number of rotatable bonds is 8. The maximum absolute atomic E-state index is 8.57. The summed E-state index contributed by atoms with van der Waals surface area (Å²) in [6.45, 7) is 5.64. The molecule has 0 amide bonds. The van der Waals surface area contributed by atoms with Crippen molar-refractivity contribution in [1.29, 1.82) is 0 Å². The molecule has 0 aliphatic heterocycles. The Morgan fingerprint density at radius 3 is 2.53 bits per heavy atom. The van der Waals surface area contributed by atoms with E-state index in [4.69, 9.17) is 16.0 Å². The van der Waals surface area contributed by atoms with Crippen LogP contribution in [0.1, 0.15) is 33.1 Å². The number of hydrogen-bond donors (Lipinski definition) is 4. The first kappa shape index (κ1) is 14.2. The van der Waals surface area contributed by atoms with Gasteiger partial charge in [-0.3, -0.25) is 0 Å². The Morgan fingerprint density at radius 2 is 2.00 bits per heavy atom. The molecule has 0 saturated carbocycles. The van der Waals surface area contributed by atoms with Crippen molar-refractivity contribution >= 4 is 5.84 Å². The molecule has 15 heavy (non-hydrogen) atoms. The van der Waals surface area contributed by atoms with Gasteiger partial charge in [0.05, 0.1) is 6.61 Å². The molecule has 0 unspecified atom stereocenters. The summed E-state index contributed by atoms with van der Waals surface area (Å²) in [6.07, 6.45) is 2.94. The zero-order valence-corrected chi connectivity index (χ0v) is 9.66. The fraction of sp³-hybridized carbons (Fsp3) is 0.900. The van der Waals surface area contributed by atoms with E-state index in [0.29, 0.717) is 6.54 Å². The maximum atomic E-state index is 8.57. The number of aliphatic hydroxyl groups excluding tert-OH is 1. The van der Waals surface area contributed by atoms with Gasteiger partial charge < -0.3 is 21.4 Å². The van der Waals surface area contributed by atoms with Crippen LogP contribution in [-0.4, -0.2) is 35.8 Å². The molecule has 5 nitrogen and oxygen atoms in total. The molecule has 0 rings (SSSR count). The van der Waals surface area contributed by atoms with Crippen LogP contribution in [0.4, 0.5) is 0 Å². The first-order valence-corrected chi connectivity index (χ1v) is 5.34. The predicted octanol–water partition coefficient (Wildman–Crippen LogP) is 0.511. The van der Waals surface area contributed by atoms with Crippen molar-refractivity contribution in [3.63, 3.8) is 0 Å². The first-order valence-electron chi connectivity index (χ1n) is 5.34. The largest absolute Gasteiger partial charge is 0.409 e. The first-order chi connectivity index (χ1) is 7.04. The molecule has 0 spiro atoms. The number of oxime groups is 1. The second kappa shape index (κ2) is 7.48. The van der Waals surface area contributed by atoms with Gasteiger partial charge in [0.15, 0.2) is 0 Å². The lowest BCUT2D eigenvalue weighted by Crippen LogP contribution is -2.32. The molecule has 0 radical (unpaired) electrons. The van der Waals surface area contributed by atoms with Gasteiger partial charge in [-0.15, -0.1) is 0 Å². The minimum Gasteiger partial charge on any atom is -0.409 e.